The van der Waals surface area contributed by atoms with Crippen LogP contribution in [0.1, 0.15) is 5.56 Å². The molecule has 58 valence electrons. The van der Waals surface area contributed by atoms with Crippen LogP contribution < -0.4 is 11.1 Å². The van der Waals surface area contributed by atoms with Crippen LogP contribution in [0.5, 0.6) is 0 Å². The van der Waals surface area contributed by atoms with Gasteiger partial charge in [0.1, 0.15) is 4.99 Å². The van der Waals surface area contributed by atoms with Gasteiger partial charge in [0.2, 0.25) is 0 Å². The van der Waals surface area contributed by atoms with E-state index in [-0.39, 0.29) is 0 Å². The highest BCUT2D eigenvalue weighted by molar-refractivity contribution is 7.80. The highest BCUT2D eigenvalue weighted by Crippen LogP contribution is 2.08. The summed E-state index contributed by atoms with van der Waals surface area (Å²) in [6, 6.07) is 7.69. The molecule has 0 heterocycles. The lowest BCUT2D eigenvalue weighted by Gasteiger charge is -2.01. The van der Waals surface area contributed by atoms with Crippen LogP contribution in [-0.4, -0.2) is 12.0 Å². The van der Waals surface area contributed by atoms with Crippen LogP contribution in [0.15, 0.2) is 24.3 Å². The van der Waals surface area contributed by atoms with Crippen molar-refractivity contribution in [1.29, 1.82) is 0 Å². The predicted molar refractivity (Wildman–Crippen MR) is 51.9 cm³/mol. The molecule has 0 aromatic heterocycles. The van der Waals surface area contributed by atoms with E-state index in [1.807, 2.05) is 31.3 Å². The number of thiocarbonyl (C=S) groups is 1. The summed E-state index contributed by atoms with van der Waals surface area (Å²) in [6.07, 6.45) is 0. The molecule has 1 aromatic carbocycles. The first kappa shape index (κ1) is 8.01. The average molecular weight is 166 g/mol. The van der Waals surface area contributed by atoms with Gasteiger partial charge in [-0.05, 0) is 12.1 Å². The second kappa shape index (κ2) is 3.34. The van der Waals surface area contributed by atoms with Crippen LogP contribution in [0.2, 0.25) is 0 Å². The number of nitrogens with two attached hydrogens (primary N) is 1. The van der Waals surface area contributed by atoms with Crippen molar-refractivity contribution < 1.29 is 0 Å². The summed E-state index contributed by atoms with van der Waals surface area (Å²) in [5, 5.41) is 3.01. The van der Waals surface area contributed by atoms with Gasteiger partial charge >= 0.3 is 0 Å². The summed E-state index contributed by atoms with van der Waals surface area (Å²) in [5.74, 6) is 0. The van der Waals surface area contributed by atoms with Crippen LogP contribution in [0.25, 0.3) is 0 Å². The summed E-state index contributed by atoms with van der Waals surface area (Å²) in [6.45, 7) is 0. The minimum absolute atomic E-state index is 0.433. The lowest BCUT2D eigenvalue weighted by molar-refractivity contribution is 1.50. The zero-order valence-corrected chi connectivity index (χ0v) is 7.11. The van der Waals surface area contributed by atoms with E-state index in [0.717, 1.165) is 11.3 Å². The summed E-state index contributed by atoms with van der Waals surface area (Å²) in [4.78, 5) is 0.433. The van der Waals surface area contributed by atoms with E-state index in [1.165, 1.54) is 0 Å². The van der Waals surface area contributed by atoms with Gasteiger partial charge in [0.05, 0.1) is 0 Å². The molecule has 0 amide bonds. The Bertz CT molecular complexity index is 271. The molecule has 0 saturated heterocycles. The van der Waals surface area contributed by atoms with E-state index in [9.17, 15) is 0 Å². The molecule has 2 nitrogen and oxygen atoms in total. The predicted octanol–water partition coefficient (Wildman–Crippen LogP) is 1.36. The summed E-state index contributed by atoms with van der Waals surface area (Å²) in [7, 11) is 1.86. The number of anilines is 1. The Morgan fingerprint density at radius 1 is 1.55 bits per heavy atom. The molecule has 0 aliphatic heterocycles. The number of nitrogens with one attached hydrogen (secondary N) is 1. The van der Waals surface area contributed by atoms with E-state index in [0.29, 0.717) is 4.99 Å². The van der Waals surface area contributed by atoms with Crippen LogP contribution in [0.4, 0.5) is 5.69 Å². The van der Waals surface area contributed by atoms with E-state index < -0.39 is 0 Å². The average Bonchev–Trinajstić information content (AvgIpc) is 2.05. The number of benzene rings is 1. The Labute approximate surface area is 71.4 Å². The molecule has 11 heavy (non-hydrogen) atoms. The van der Waals surface area contributed by atoms with Gasteiger partial charge < -0.3 is 11.1 Å². The standard InChI is InChI=1S/C8H10N2S/c1-10-7-4-2-3-6(5-7)8(9)11/h2-5,10H,1H3,(H2,9,11). The molecule has 0 bridgehead atoms. The topological polar surface area (TPSA) is 38.0 Å². The van der Waals surface area contributed by atoms with Gasteiger partial charge in [-0.15, -0.1) is 0 Å². The van der Waals surface area contributed by atoms with Crippen molar-refractivity contribution in [1.82, 2.24) is 0 Å². The zero-order valence-electron chi connectivity index (χ0n) is 6.29. The molecule has 0 fully saturated rings. The molecule has 0 aliphatic carbocycles. The molecule has 1 aromatic rings. The lowest BCUT2D eigenvalue weighted by Crippen LogP contribution is -2.09. The van der Waals surface area contributed by atoms with Crippen molar-refractivity contribution in [2.24, 2.45) is 5.73 Å². The maximum atomic E-state index is 5.44. The molecule has 1 rings (SSSR count). The second-order valence-electron chi connectivity index (χ2n) is 2.20. The highest BCUT2D eigenvalue weighted by Gasteiger charge is 1.94. The number of hydrogen-bond acceptors (Lipinski definition) is 2. The normalized spacial score (nSPS) is 9.18. The molecule has 0 aliphatic rings. The molecule has 0 radical (unpaired) electrons. The Morgan fingerprint density at radius 2 is 2.27 bits per heavy atom. The van der Waals surface area contributed by atoms with Gasteiger partial charge in [0.15, 0.2) is 0 Å². The van der Waals surface area contributed by atoms with Crippen LogP contribution in [-0.2, 0) is 0 Å². The van der Waals surface area contributed by atoms with Gasteiger partial charge in [0.25, 0.3) is 0 Å². The van der Waals surface area contributed by atoms with Gasteiger partial charge in [-0.3, -0.25) is 0 Å². The monoisotopic (exact) mass is 166 g/mol. The number of rotatable bonds is 2. The molecule has 3 N–H and O–H groups in total. The molecule has 0 unspecified atom stereocenters. The molecular formula is C8H10N2S. The maximum absolute atomic E-state index is 5.44. The van der Waals surface area contributed by atoms with E-state index in [2.05, 4.69) is 5.32 Å². The van der Waals surface area contributed by atoms with Crippen molar-refractivity contribution in [3.8, 4) is 0 Å². The van der Waals surface area contributed by atoms with Gasteiger partial charge in [0, 0.05) is 18.3 Å². The van der Waals surface area contributed by atoms with Crippen molar-refractivity contribution in [2.45, 2.75) is 0 Å². The number of hydrogen-bond donors (Lipinski definition) is 2. The van der Waals surface area contributed by atoms with E-state index >= 15 is 0 Å². The first-order valence-electron chi connectivity index (χ1n) is 3.31. The van der Waals surface area contributed by atoms with Crippen molar-refractivity contribution in [3.05, 3.63) is 29.8 Å². The largest absolute Gasteiger partial charge is 0.389 e. The molecular weight excluding hydrogens is 156 g/mol. The molecule has 0 spiro atoms. The van der Waals surface area contributed by atoms with Crippen LogP contribution in [0.3, 0.4) is 0 Å². The maximum Gasteiger partial charge on any atom is 0.104 e. The third kappa shape index (κ3) is 1.91. The lowest BCUT2D eigenvalue weighted by atomic mass is 10.2. The van der Waals surface area contributed by atoms with Gasteiger partial charge in [-0.25, -0.2) is 0 Å². The second-order valence-corrected chi connectivity index (χ2v) is 2.63. The minimum Gasteiger partial charge on any atom is -0.389 e. The van der Waals surface area contributed by atoms with Crippen molar-refractivity contribution in [2.75, 3.05) is 12.4 Å². The van der Waals surface area contributed by atoms with E-state index in [1.54, 1.807) is 0 Å². The highest BCUT2D eigenvalue weighted by atomic mass is 32.1. The summed E-state index contributed by atoms with van der Waals surface area (Å²) >= 11 is 4.82. The summed E-state index contributed by atoms with van der Waals surface area (Å²) < 4.78 is 0. The fourth-order valence-corrected chi connectivity index (χ4v) is 0.955. The third-order valence-electron chi connectivity index (χ3n) is 1.44. The Hall–Kier alpha value is -1.09. The zero-order chi connectivity index (χ0) is 8.27. The van der Waals surface area contributed by atoms with E-state index in [4.69, 9.17) is 18.0 Å². The third-order valence-corrected chi connectivity index (χ3v) is 1.67. The Kier molecular flexibility index (Phi) is 2.44. The SMILES string of the molecule is CNc1cccc(C(N)=S)c1. The van der Waals surface area contributed by atoms with Crippen molar-refractivity contribution in [3.63, 3.8) is 0 Å². The van der Waals surface area contributed by atoms with Gasteiger partial charge in [-0.1, -0.05) is 24.4 Å². The fourth-order valence-electron chi connectivity index (χ4n) is 0.828. The Morgan fingerprint density at radius 3 is 2.82 bits per heavy atom. The van der Waals surface area contributed by atoms with Gasteiger partial charge in [-0.2, -0.15) is 0 Å². The molecule has 0 saturated carbocycles. The van der Waals surface area contributed by atoms with Crippen molar-refractivity contribution >= 4 is 22.9 Å². The van der Waals surface area contributed by atoms with Crippen LogP contribution >= 0.6 is 12.2 Å². The fraction of sp³-hybridized carbons (Fsp3) is 0.125. The van der Waals surface area contributed by atoms with Crippen LogP contribution in [0, 0.1) is 0 Å². The quantitative estimate of drug-likeness (QED) is 0.651. The minimum atomic E-state index is 0.433. The molecule has 0 atom stereocenters. The molecule has 3 heteroatoms. The Balaban J connectivity index is 3.01. The first-order chi connectivity index (χ1) is 5.24. The smallest absolute Gasteiger partial charge is 0.104 e. The summed E-state index contributed by atoms with van der Waals surface area (Å²) in [5.41, 5.74) is 7.36. The first-order valence-corrected chi connectivity index (χ1v) is 3.72.